The quantitative estimate of drug-likeness (QED) is 0.636. The molecule has 0 heterocycles. The summed E-state index contributed by atoms with van der Waals surface area (Å²) in [5, 5.41) is 2.40. The molecule has 2 aromatic rings. The van der Waals surface area contributed by atoms with Crippen LogP contribution in [0.3, 0.4) is 0 Å². The van der Waals surface area contributed by atoms with Crippen molar-refractivity contribution in [1.82, 2.24) is 10.9 Å². The Morgan fingerprint density at radius 3 is 2.68 bits per heavy atom. The number of nitrogens with one attached hydrogen (secondary N) is 2. The normalized spacial score (nSPS) is 12.1. The van der Waals surface area contributed by atoms with Gasteiger partial charge in [-0.15, -0.1) is 6.58 Å². The third-order valence-corrected chi connectivity index (χ3v) is 3.00. The number of hydrogen-bond acceptors (Lipinski definition) is 2. The summed E-state index contributed by atoms with van der Waals surface area (Å²) in [5.74, 6) is -0.102. The third-order valence-electron chi connectivity index (χ3n) is 3.00. The molecular formula is C16H18N2O. The van der Waals surface area contributed by atoms with E-state index in [0.29, 0.717) is 0 Å². The lowest BCUT2D eigenvalue weighted by Gasteiger charge is -2.18. The van der Waals surface area contributed by atoms with Gasteiger partial charge in [0.2, 0.25) is 5.91 Å². The molecule has 3 heteroatoms. The fraction of sp³-hybridized carbons (Fsp3) is 0.188. The number of rotatable bonds is 5. The lowest BCUT2D eigenvalue weighted by Crippen LogP contribution is -2.38. The Kier molecular flexibility index (Phi) is 4.31. The molecule has 98 valence electrons. The minimum atomic E-state index is -0.102. The molecule has 0 bridgehead atoms. The van der Waals surface area contributed by atoms with E-state index in [1.54, 1.807) is 0 Å². The predicted molar refractivity (Wildman–Crippen MR) is 78.5 cm³/mol. The molecule has 0 aliphatic heterocycles. The summed E-state index contributed by atoms with van der Waals surface area (Å²) < 4.78 is 0. The number of benzene rings is 2. The summed E-state index contributed by atoms with van der Waals surface area (Å²) in [6.45, 7) is 5.25. The van der Waals surface area contributed by atoms with Crippen LogP contribution in [-0.2, 0) is 4.79 Å². The van der Waals surface area contributed by atoms with Gasteiger partial charge >= 0.3 is 0 Å². The number of carbonyl (C=O) groups excluding carboxylic acids is 1. The second-order valence-electron chi connectivity index (χ2n) is 4.51. The molecule has 2 aromatic carbocycles. The fourth-order valence-electron chi connectivity index (χ4n) is 2.06. The Bertz CT molecular complexity index is 592. The van der Waals surface area contributed by atoms with E-state index in [-0.39, 0.29) is 11.9 Å². The highest BCUT2D eigenvalue weighted by molar-refractivity contribution is 5.83. The Balaban J connectivity index is 2.27. The Morgan fingerprint density at radius 1 is 1.26 bits per heavy atom. The van der Waals surface area contributed by atoms with Gasteiger partial charge in [0.25, 0.3) is 0 Å². The first-order valence-electron chi connectivity index (χ1n) is 6.32. The van der Waals surface area contributed by atoms with Crippen molar-refractivity contribution in [3.8, 4) is 0 Å². The standard InChI is InChI=1S/C16H18N2O/c1-3-6-16(18-17-12(2)19)15-10-9-13-7-4-5-8-14(13)11-15/h3-5,7-11,16,18H,1,6H2,2H3,(H,17,19)/t16-/m1/s1. The van der Waals surface area contributed by atoms with Crippen LogP contribution in [-0.4, -0.2) is 5.91 Å². The summed E-state index contributed by atoms with van der Waals surface area (Å²) in [7, 11) is 0. The van der Waals surface area contributed by atoms with Gasteiger partial charge in [-0.25, -0.2) is 5.43 Å². The second-order valence-corrected chi connectivity index (χ2v) is 4.51. The van der Waals surface area contributed by atoms with Gasteiger partial charge in [-0.2, -0.15) is 0 Å². The smallest absolute Gasteiger partial charge is 0.230 e. The van der Waals surface area contributed by atoms with Crippen LogP contribution in [0.25, 0.3) is 10.8 Å². The van der Waals surface area contributed by atoms with Gasteiger partial charge in [0.1, 0.15) is 0 Å². The van der Waals surface area contributed by atoms with Crippen LogP contribution in [0.1, 0.15) is 24.9 Å². The average Bonchev–Trinajstić information content (AvgIpc) is 2.42. The van der Waals surface area contributed by atoms with Crippen molar-refractivity contribution in [3.05, 3.63) is 60.7 Å². The van der Waals surface area contributed by atoms with Crippen molar-refractivity contribution in [2.75, 3.05) is 0 Å². The van der Waals surface area contributed by atoms with E-state index < -0.39 is 0 Å². The molecule has 0 unspecified atom stereocenters. The number of carbonyl (C=O) groups is 1. The molecule has 0 radical (unpaired) electrons. The number of hydrazine groups is 1. The van der Waals surface area contributed by atoms with Crippen LogP contribution in [0.15, 0.2) is 55.1 Å². The van der Waals surface area contributed by atoms with Gasteiger partial charge < -0.3 is 0 Å². The summed E-state index contributed by atoms with van der Waals surface area (Å²) in [6.07, 6.45) is 2.59. The zero-order valence-electron chi connectivity index (χ0n) is 11.0. The van der Waals surface area contributed by atoms with Crippen LogP contribution in [0, 0.1) is 0 Å². The van der Waals surface area contributed by atoms with Crippen molar-refractivity contribution >= 4 is 16.7 Å². The molecule has 0 fully saturated rings. The van der Waals surface area contributed by atoms with E-state index in [1.807, 2.05) is 18.2 Å². The van der Waals surface area contributed by atoms with Gasteiger partial charge in [-0.05, 0) is 28.8 Å². The molecule has 2 N–H and O–H groups in total. The van der Waals surface area contributed by atoms with Gasteiger partial charge in [-0.1, -0.05) is 42.5 Å². The van der Waals surface area contributed by atoms with E-state index in [9.17, 15) is 4.79 Å². The van der Waals surface area contributed by atoms with E-state index in [1.165, 1.54) is 17.7 Å². The van der Waals surface area contributed by atoms with Crippen LogP contribution in [0.5, 0.6) is 0 Å². The molecule has 19 heavy (non-hydrogen) atoms. The zero-order valence-corrected chi connectivity index (χ0v) is 11.0. The predicted octanol–water partition coefficient (Wildman–Crippen LogP) is 3.10. The lowest BCUT2D eigenvalue weighted by molar-refractivity contribution is -0.120. The minimum absolute atomic E-state index is 0.0333. The molecule has 0 aromatic heterocycles. The Morgan fingerprint density at radius 2 is 2.00 bits per heavy atom. The summed E-state index contributed by atoms with van der Waals surface area (Å²) in [4.78, 5) is 11.0. The van der Waals surface area contributed by atoms with E-state index in [0.717, 1.165) is 12.0 Å². The van der Waals surface area contributed by atoms with Crippen LogP contribution in [0.2, 0.25) is 0 Å². The fourth-order valence-corrected chi connectivity index (χ4v) is 2.06. The highest BCUT2D eigenvalue weighted by Gasteiger charge is 2.10. The number of amides is 1. The molecule has 0 saturated heterocycles. The first-order chi connectivity index (χ1) is 9.20. The molecule has 1 amide bonds. The molecule has 0 aliphatic carbocycles. The van der Waals surface area contributed by atoms with Crippen molar-refractivity contribution in [2.24, 2.45) is 0 Å². The molecule has 1 atom stereocenters. The Labute approximate surface area is 113 Å². The number of fused-ring (bicyclic) bond motifs is 1. The second kappa shape index (κ2) is 6.16. The maximum absolute atomic E-state index is 11.0. The van der Waals surface area contributed by atoms with Crippen LogP contribution >= 0.6 is 0 Å². The zero-order chi connectivity index (χ0) is 13.7. The van der Waals surface area contributed by atoms with Crippen molar-refractivity contribution in [3.63, 3.8) is 0 Å². The SMILES string of the molecule is C=CC[C@@H](NNC(C)=O)c1ccc2ccccc2c1. The van der Waals surface area contributed by atoms with E-state index in [4.69, 9.17) is 0 Å². The van der Waals surface area contributed by atoms with E-state index >= 15 is 0 Å². The van der Waals surface area contributed by atoms with Crippen molar-refractivity contribution in [1.29, 1.82) is 0 Å². The van der Waals surface area contributed by atoms with Crippen LogP contribution < -0.4 is 10.9 Å². The third kappa shape index (κ3) is 3.42. The maximum Gasteiger partial charge on any atom is 0.230 e. The first-order valence-corrected chi connectivity index (χ1v) is 6.32. The summed E-state index contributed by atoms with van der Waals surface area (Å²) in [5.41, 5.74) is 6.80. The lowest BCUT2D eigenvalue weighted by atomic mass is 10.0. The largest absolute Gasteiger partial charge is 0.291 e. The number of hydrogen-bond donors (Lipinski definition) is 2. The van der Waals surface area contributed by atoms with Crippen molar-refractivity contribution < 1.29 is 4.79 Å². The summed E-state index contributed by atoms with van der Waals surface area (Å²) in [6, 6.07) is 14.6. The van der Waals surface area contributed by atoms with Gasteiger partial charge in [0, 0.05) is 6.92 Å². The monoisotopic (exact) mass is 254 g/mol. The molecular weight excluding hydrogens is 236 g/mol. The Hall–Kier alpha value is -2.13. The maximum atomic E-state index is 11.0. The molecule has 0 spiro atoms. The topological polar surface area (TPSA) is 41.1 Å². The van der Waals surface area contributed by atoms with Gasteiger partial charge in [-0.3, -0.25) is 10.2 Å². The molecule has 2 rings (SSSR count). The van der Waals surface area contributed by atoms with Gasteiger partial charge in [0.15, 0.2) is 0 Å². The van der Waals surface area contributed by atoms with Crippen LogP contribution in [0.4, 0.5) is 0 Å². The highest BCUT2D eigenvalue weighted by atomic mass is 16.2. The van der Waals surface area contributed by atoms with Gasteiger partial charge in [0.05, 0.1) is 6.04 Å². The highest BCUT2D eigenvalue weighted by Crippen LogP contribution is 2.22. The average molecular weight is 254 g/mol. The minimum Gasteiger partial charge on any atom is -0.291 e. The molecule has 3 nitrogen and oxygen atoms in total. The molecule has 0 aliphatic rings. The first kappa shape index (κ1) is 13.3. The summed E-state index contributed by atoms with van der Waals surface area (Å²) >= 11 is 0. The van der Waals surface area contributed by atoms with Crippen molar-refractivity contribution in [2.45, 2.75) is 19.4 Å². The molecule has 0 saturated carbocycles. The van der Waals surface area contributed by atoms with E-state index in [2.05, 4.69) is 47.8 Å².